The Bertz CT molecular complexity index is 591. The highest BCUT2D eigenvalue weighted by molar-refractivity contribution is 5.79. The standard InChI is InChI=1S/C22H32O2/c1-14(24)18-6-7-19-17-5-4-16-12-15(13-23)8-10-21(16,2)20(17)9-11-22(18,19)3/h4,13,15,17-20H,5-12H2,1-3H3/t15-,17-,18+,19-,20-,21-,22+/m0/s1. The number of hydrogen-bond donors (Lipinski definition) is 0. The van der Waals surface area contributed by atoms with Gasteiger partial charge in [0.25, 0.3) is 0 Å². The van der Waals surface area contributed by atoms with Crippen LogP contribution in [0.5, 0.6) is 0 Å². The first kappa shape index (κ1) is 16.5. The Balaban J connectivity index is 1.65. The van der Waals surface area contributed by atoms with Crippen LogP contribution in [0.4, 0.5) is 0 Å². The number of fused-ring (bicyclic) bond motifs is 5. The van der Waals surface area contributed by atoms with Crippen LogP contribution >= 0.6 is 0 Å². The van der Waals surface area contributed by atoms with Crippen molar-refractivity contribution in [3.05, 3.63) is 11.6 Å². The quantitative estimate of drug-likeness (QED) is 0.530. The Labute approximate surface area is 146 Å². The van der Waals surface area contributed by atoms with E-state index >= 15 is 0 Å². The van der Waals surface area contributed by atoms with Crippen LogP contribution in [0, 0.1) is 40.4 Å². The maximum absolute atomic E-state index is 12.2. The molecule has 0 heterocycles. The fourth-order valence-corrected chi connectivity index (χ4v) is 7.47. The maximum Gasteiger partial charge on any atom is 0.133 e. The second-order valence-electron chi connectivity index (χ2n) is 9.68. The van der Waals surface area contributed by atoms with Crippen molar-refractivity contribution in [3.63, 3.8) is 0 Å². The largest absolute Gasteiger partial charge is 0.303 e. The van der Waals surface area contributed by atoms with Gasteiger partial charge in [0.1, 0.15) is 12.1 Å². The molecule has 4 aliphatic carbocycles. The van der Waals surface area contributed by atoms with Crippen LogP contribution in [0.2, 0.25) is 0 Å². The Morgan fingerprint density at radius 3 is 2.62 bits per heavy atom. The first-order chi connectivity index (χ1) is 11.4. The highest BCUT2D eigenvalue weighted by atomic mass is 16.1. The first-order valence-corrected chi connectivity index (χ1v) is 10.1. The molecule has 0 aromatic rings. The third-order valence-corrected chi connectivity index (χ3v) is 8.83. The lowest BCUT2D eigenvalue weighted by Crippen LogP contribution is -2.50. The summed E-state index contributed by atoms with van der Waals surface area (Å²) in [5, 5.41) is 0. The van der Waals surface area contributed by atoms with E-state index in [1.165, 1.54) is 38.4 Å². The van der Waals surface area contributed by atoms with Gasteiger partial charge >= 0.3 is 0 Å². The van der Waals surface area contributed by atoms with Crippen molar-refractivity contribution in [1.82, 2.24) is 0 Å². The molecule has 0 amide bonds. The van der Waals surface area contributed by atoms with Crippen LogP contribution in [-0.2, 0) is 9.59 Å². The fraction of sp³-hybridized carbons (Fsp3) is 0.818. The van der Waals surface area contributed by atoms with Gasteiger partial charge in [-0.15, -0.1) is 0 Å². The third-order valence-electron chi connectivity index (χ3n) is 8.83. The normalized spacial score (nSPS) is 50.3. The van der Waals surface area contributed by atoms with E-state index in [1.54, 1.807) is 5.57 Å². The molecule has 0 radical (unpaired) electrons. The molecule has 0 saturated heterocycles. The van der Waals surface area contributed by atoms with Gasteiger partial charge in [-0.1, -0.05) is 25.5 Å². The van der Waals surface area contributed by atoms with Crippen LogP contribution in [-0.4, -0.2) is 12.1 Å². The van der Waals surface area contributed by atoms with Crippen LogP contribution in [0.1, 0.15) is 72.1 Å². The van der Waals surface area contributed by atoms with Gasteiger partial charge in [-0.2, -0.15) is 0 Å². The van der Waals surface area contributed by atoms with E-state index in [1.807, 2.05) is 6.92 Å². The molecule has 3 saturated carbocycles. The molecule has 4 aliphatic rings. The Kier molecular flexibility index (Phi) is 3.82. The zero-order chi connectivity index (χ0) is 17.1. The van der Waals surface area contributed by atoms with E-state index < -0.39 is 0 Å². The van der Waals surface area contributed by atoms with Crippen molar-refractivity contribution in [2.24, 2.45) is 40.4 Å². The molecule has 24 heavy (non-hydrogen) atoms. The molecule has 2 nitrogen and oxygen atoms in total. The van der Waals surface area contributed by atoms with Crippen molar-refractivity contribution in [2.75, 3.05) is 0 Å². The molecular formula is C22H32O2. The average molecular weight is 328 g/mol. The highest BCUT2D eigenvalue weighted by Crippen LogP contribution is 2.66. The third kappa shape index (κ3) is 2.14. The molecule has 0 aromatic carbocycles. The highest BCUT2D eigenvalue weighted by Gasteiger charge is 2.59. The number of carbonyl (C=O) groups excluding carboxylic acids is 2. The summed E-state index contributed by atoms with van der Waals surface area (Å²) < 4.78 is 0. The SMILES string of the molecule is CC(=O)[C@H]1CC[C@H]2[C@@H]3CC=C4C[C@@H](C=O)CC[C@]4(C)[C@H]3CC[C@]12C. The minimum atomic E-state index is 0.245. The summed E-state index contributed by atoms with van der Waals surface area (Å²) in [7, 11) is 0. The van der Waals surface area contributed by atoms with Crippen molar-refractivity contribution in [2.45, 2.75) is 72.1 Å². The minimum Gasteiger partial charge on any atom is -0.303 e. The molecule has 0 bridgehead atoms. The molecular weight excluding hydrogens is 296 g/mol. The number of Topliss-reactive ketones (excluding diaryl/α,β-unsaturated/α-hetero) is 1. The zero-order valence-electron chi connectivity index (χ0n) is 15.5. The van der Waals surface area contributed by atoms with Crippen molar-refractivity contribution < 1.29 is 9.59 Å². The molecule has 0 aliphatic heterocycles. The Morgan fingerprint density at radius 2 is 1.92 bits per heavy atom. The minimum absolute atomic E-state index is 0.245. The van der Waals surface area contributed by atoms with Gasteiger partial charge in [0.2, 0.25) is 0 Å². The number of ketones is 1. The van der Waals surface area contributed by atoms with E-state index in [0.717, 1.165) is 37.0 Å². The summed E-state index contributed by atoms with van der Waals surface area (Å²) in [5.41, 5.74) is 2.14. The molecule has 7 atom stereocenters. The lowest BCUT2D eigenvalue weighted by molar-refractivity contribution is -0.127. The monoisotopic (exact) mass is 328 g/mol. The van der Waals surface area contributed by atoms with E-state index in [0.29, 0.717) is 17.1 Å². The van der Waals surface area contributed by atoms with Crippen LogP contribution in [0.15, 0.2) is 11.6 Å². The van der Waals surface area contributed by atoms with Gasteiger partial charge in [-0.3, -0.25) is 4.79 Å². The van der Waals surface area contributed by atoms with Gasteiger partial charge in [0.15, 0.2) is 0 Å². The zero-order valence-corrected chi connectivity index (χ0v) is 15.5. The lowest BCUT2D eigenvalue weighted by Gasteiger charge is -2.58. The molecule has 3 fully saturated rings. The van der Waals surface area contributed by atoms with Gasteiger partial charge in [0, 0.05) is 11.8 Å². The summed E-state index contributed by atoms with van der Waals surface area (Å²) in [4.78, 5) is 23.4. The number of carbonyl (C=O) groups is 2. The van der Waals surface area contributed by atoms with Crippen LogP contribution in [0.25, 0.3) is 0 Å². The van der Waals surface area contributed by atoms with Crippen molar-refractivity contribution in [3.8, 4) is 0 Å². The van der Waals surface area contributed by atoms with Gasteiger partial charge < -0.3 is 4.79 Å². The van der Waals surface area contributed by atoms with E-state index in [9.17, 15) is 9.59 Å². The van der Waals surface area contributed by atoms with Gasteiger partial charge in [0.05, 0.1) is 0 Å². The summed E-state index contributed by atoms with van der Waals surface area (Å²) >= 11 is 0. The number of hydrogen-bond acceptors (Lipinski definition) is 2. The summed E-state index contributed by atoms with van der Waals surface area (Å²) in [6, 6.07) is 0. The van der Waals surface area contributed by atoms with E-state index in [2.05, 4.69) is 19.9 Å². The maximum atomic E-state index is 12.2. The summed E-state index contributed by atoms with van der Waals surface area (Å²) in [6.45, 7) is 6.71. The molecule has 0 aromatic heterocycles. The molecule has 0 spiro atoms. The predicted octanol–water partition coefficient (Wildman–Crippen LogP) is 4.97. The lowest BCUT2D eigenvalue weighted by atomic mass is 9.47. The second kappa shape index (κ2) is 5.54. The van der Waals surface area contributed by atoms with E-state index in [4.69, 9.17) is 0 Å². The molecule has 0 N–H and O–H groups in total. The topological polar surface area (TPSA) is 34.1 Å². The Hall–Kier alpha value is -0.920. The average Bonchev–Trinajstić information content (AvgIpc) is 2.91. The Morgan fingerprint density at radius 1 is 1.12 bits per heavy atom. The van der Waals surface area contributed by atoms with Gasteiger partial charge in [-0.25, -0.2) is 0 Å². The smallest absolute Gasteiger partial charge is 0.133 e. The van der Waals surface area contributed by atoms with Crippen LogP contribution < -0.4 is 0 Å². The molecule has 4 rings (SSSR count). The number of rotatable bonds is 2. The summed E-state index contributed by atoms with van der Waals surface area (Å²) in [6.07, 6.45) is 13.0. The summed E-state index contributed by atoms with van der Waals surface area (Å²) in [5.74, 6) is 3.23. The fourth-order valence-electron chi connectivity index (χ4n) is 7.47. The van der Waals surface area contributed by atoms with Crippen molar-refractivity contribution >= 4 is 12.1 Å². The van der Waals surface area contributed by atoms with Gasteiger partial charge in [-0.05, 0) is 86.9 Å². The first-order valence-electron chi connectivity index (χ1n) is 10.1. The van der Waals surface area contributed by atoms with Crippen molar-refractivity contribution in [1.29, 1.82) is 0 Å². The van der Waals surface area contributed by atoms with E-state index in [-0.39, 0.29) is 11.3 Å². The second-order valence-corrected chi connectivity index (χ2v) is 9.68. The number of allylic oxidation sites excluding steroid dienone is 2. The molecule has 2 heteroatoms. The predicted molar refractivity (Wildman–Crippen MR) is 95.4 cm³/mol. The molecule has 132 valence electrons. The number of aldehydes is 1. The molecule has 0 unspecified atom stereocenters. The van der Waals surface area contributed by atoms with Crippen LogP contribution in [0.3, 0.4) is 0 Å².